The number of piperazine rings is 1. The summed E-state index contributed by atoms with van der Waals surface area (Å²) in [6.45, 7) is 7.20. The van der Waals surface area contributed by atoms with E-state index in [-0.39, 0.29) is 18.4 Å². The smallest absolute Gasteiger partial charge is 0.243 e. The van der Waals surface area contributed by atoms with Gasteiger partial charge in [-0.1, -0.05) is 13.8 Å². The second-order valence-corrected chi connectivity index (χ2v) is 5.83. The third kappa shape index (κ3) is 2.97. The molecule has 1 saturated heterocycles. The van der Waals surface area contributed by atoms with Crippen molar-refractivity contribution in [1.29, 1.82) is 0 Å². The number of nitrogens with one attached hydrogen (secondary N) is 1. The number of rotatable bonds is 5. The Hall–Kier alpha value is -1.37. The molecule has 21 heavy (non-hydrogen) atoms. The fourth-order valence-corrected chi connectivity index (χ4v) is 3.32. The molecule has 0 spiro atoms. The highest BCUT2D eigenvalue weighted by Crippen LogP contribution is 2.25. The van der Waals surface area contributed by atoms with Crippen molar-refractivity contribution in [3.05, 3.63) is 15.9 Å². The summed E-state index contributed by atoms with van der Waals surface area (Å²) < 4.78 is 2.84. The topological polar surface area (TPSA) is 67.2 Å². The summed E-state index contributed by atoms with van der Waals surface area (Å²) in [5.41, 5.74) is 1.93. The molecule has 1 aromatic rings. The van der Waals surface area contributed by atoms with Crippen molar-refractivity contribution in [2.45, 2.75) is 52.7 Å². The zero-order chi connectivity index (χ0) is 15.6. The van der Waals surface area contributed by atoms with Crippen molar-refractivity contribution in [3.63, 3.8) is 0 Å². The van der Waals surface area contributed by atoms with Gasteiger partial charge in [0.2, 0.25) is 11.8 Å². The average molecular weight is 357 g/mol. The fraction of sp³-hybridized carbons (Fsp3) is 0.643. The quantitative estimate of drug-likeness (QED) is 0.868. The number of amides is 2. The molecule has 0 aliphatic carbocycles. The van der Waals surface area contributed by atoms with E-state index in [2.05, 4.69) is 26.3 Å². The Kier molecular flexibility index (Phi) is 5.03. The molecule has 116 valence electrons. The van der Waals surface area contributed by atoms with Crippen molar-refractivity contribution in [2.75, 3.05) is 6.54 Å². The Morgan fingerprint density at radius 2 is 2.05 bits per heavy atom. The van der Waals surface area contributed by atoms with Gasteiger partial charge in [-0.2, -0.15) is 5.10 Å². The van der Waals surface area contributed by atoms with Crippen LogP contribution in [0, 0.1) is 0 Å². The third-order valence-corrected chi connectivity index (χ3v) is 4.73. The summed E-state index contributed by atoms with van der Waals surface area (Å²) in [7, 11) is 0. The Balaban J connectivity index is 2.33. The van der Waals surface area contributed by atoms with Gasteiger partial charge in [-0.05, 0) is 35.7 Å². The molecule has 7 heteroatoms. The molecule has 1 aromatic heterocycles. The number of carbonyl (C=O) groups excluding carboxylic acids is 2. The highest BCUT2D eigenvalue weighted by atomic mass is 79.9. The Morgan fingerprint density at radius 1 is 1.33 bits per heavy atom. The molecule has 1 N–H and O–H groups in total. The number of hydrogen-bond donors (Lipinski definition) is 1. The minimum atomic E-state index is -0.400. The summed E-state index contributed by atoms with van der Waals surface area (Å²) in [4.78, 5) is 25.8. The number of aryl methyl sites for hydroxylation is 2. The second kappa shape index (κ2) is 6.60. The molecular weight excluding hydrogens is 336 g/mol. The van der Waals surface area contributed by atoms with Gasteiger partial charge in [0.05, 0.1) is 29.0 Å². The zero-order valence-corrected chi connectivity index (χ0v) is 14.2. The number of aromatic nitrogens is 2. The molecule has 0 aromatic carbocycles. The monoisotopic (exact) mass is 356 g/mol. The van der Waals surface area contributed by atoms with Crippen LogP contribution >= 0.6 is 15.9 Å². The van der Waals surface area contributed by atoms with Gasteiger partial charge in [0.25, 0.3) is 0 Å². The first-order valence-corrected chi connectivity index (χ1v) is 8.13. The molecule has 1 atom stereocenters. The summed E-state index contributed by atoms with van der Waals surface area (Å²) >= 11 is 3.58. The van der Waals surface area contributed by atoms with E-state index in [1.165, 1.54) is 0 Å². The highest BCUT2D eigenvalue weighted by Gasteiger charge is 2.34. The van der Waals surface area contributed by atoms with E-state index in [4.69, 9.17) is 0 Å². The van der Waals surface area contributed by atoms with Crippen LogP contribution in [-0.4, -0.2) is 39.1 Å². The molecule has 2 rings (SSSR count). The van der Waals surface area contributed by atoms with Crippen LogP contribution in [0.25, 0.3) is 0 Å². The summed E-state index contributed by atoms with van der Waals surface area (Å²) in [5, 5.41) is 7.18. The first-order valence-electron chi connectivity index (χ1n) is 7.34. The Bertz CT molecular complexity index is 555. The predicted molar refractivity (Wildman–Crippen MR) is 82.6 cm³/mol. The molecule has 1 fully saturated rings. The van der Waals surface area contributed by atoms with Gasteiger partial charge in [-0.3, -0.25) is 14.3 Å². The number of hydrogen-bond acceptors (Lipinski definition) is 3. The minimum Gasteiger partial charge on any atom is -0.345 e. The van der Waals surface area contributed by atoms with Gasteiger partial charge in [0.1, 0.15) is 6.04 Å². The number of carbonyl (C=O) groups is 2. The van der Waals surface area contributed by atoms with Crippen LogP contribution in [0.5, 0.6) is 0 Å². The zero-order valence-electron chi connectivity index (χ0n) is 12.6. The van der Waals surface area contributed by atoms with Gasteiger partial charge < -0.3 is 10.2 Å². The third-order valence-electron chi connectivity index (χ3n) is 3.81. The van der Waals surface area contributed by atoms with E-state index in [0.717, 1.165) is 28.8 Å². The molecule has 0 saturated carbocycles. The first-order chi connectivity index (χ1) is 10.0. The maximum absolute atomic E-state index is 12.2. The van der Waals surface area contributed by atoms with Crippen LogP contribution in [0.4, 0.5) is 0 Å². The van der Waals surface area contributed by atoms with Gasteiger partial charge >= 0.3 is 0 Å². The number of nitrogens with zero attached hydrogens (tertiary/aromatic N) is 3. The van der Waals surface area contributed by atoms with E-state index >= 15 is 0 Å². The lowest BCUT2D eigenvalue weighted by molar-refractivity contribution is -0.146. The molecule has 1 aliphatic heterocycles. The minimum absolute atomic E-state index is 0.0461. The molecule has 2 heterocycles. The van der Waals surface area contributed by atoms with Gasteiger partial charge in [0.15, 0.2) is 0 Å². The van der Waals surface area contributed by atoms with Crippen LogP contribution in [0.3, 0.4) is 0 Å². The normalized spacial score (nSPS) is 19.0. The summed E-state index contributed by atoms with van der Waals surface area (Å²) in [6.07, 6.45) is 1.43. The van der Waals surface area contributed by atoms with E-state index in [1.54, 1.807) is 4.90 Å². The summed E-state index contributed by atoms with van der Waals surface area (Å²) in [6, 6.07) is -0.400. The standard InChI is InChI=1S/C14H21BrN4O2/c1-4-9-13(15)11(19(6-3)17-9)8-18-10(5-2)14(21)16-7-12(18)20/h10H,4-8H2,1-3H3,(H,16,21). The lowest BCUT2D eigenvalue weighted by atomic mass is 10.1. The molecular formula is C14H21BrN4O2. The van der Waals surface area contributed by atoms with Crippen molar-refractivity contribution in [2.24, 2.45) is 0 Å². The van der Waals surface area contributed by atoms with Crippen LogP contribution in [0.1, 0.15) is 38.6 Å². The number of halogens is 1. The first kappa shape index (κ1) is 16.0. The van der Waals surface area contributed by atoms with Crippen molar-refractivity contribution >= 4 is 27.7 Å². The van der Waals surface area contributed by atoms with Crippen LogP contribution in [0.2, 0.25) is 0 Å². The Morgan fingerprint density at radius 3 is 2.62 bits per heavy atom. The van der Waals surface area contributed by atoms with Crippen molar-refractivity contribution in [3.8, 4) is 0 Å². The fourth-order valence-electron chi connectivity index (χ4n) is 2.63. The maximum Gasteiger partial charge on any atom is 0.243 e. The van der Waals surface area contributed by atoms with Crippen molar-refractivity contribution in [1.82, 2.24) is 20.0 Å². The van der Waals surface area contributed by atoms with E-state index in [9.17, 15) is 9.59 Å². The molecule has 1 unspecified atom stereocenters. The van der Waals surface area contributed by atoms with Crippen molar-refractivity contribution < 1.29 is 9.59 Å². The molecule has 2 amide bonds. The van der Waals surface area contributed by atoms with Crippen LogP contribution in [0.15, 0.2) is 4.47 Å². The highest BCUT2D eigenvalue weighted by molar-refractivity contribution is 9.10. The van der Waals surface area contributed by atoms with Gasteiger partial charge in [0, 0.05) is 6.54 Å². The van der Waals surface area contributed by atoms with Gasteiger partial charge in [-0.15, -0.1) is 0 Å². The van der Waals surface area contributed by atoms with Gasteiger partial charge in [-0.25, -0.2) is 0 Å². The van der Waals surface area contributed by atoms with E-state index < -0.39 is 6.04 Å². The Labute approximate surface area is 133 Å². The van der Waals surface area contributed by atoms with E-state index in [1.807, 2.05) is 25.5 Å². The summed E-state index contributed by atoms with van der Waals surface area (Å²) in [5.74, 6) is -0.123. The maximum atomic E-state index is 12.2. The second-order valence-electron chi connectivity index (χ2n) is 5.04. The SMILES string of the molecule is CCc1nn(CC)c(CN2C(=O)CNC(=O)C2CC)c1Br. The molecule has 1 aliphatic rings. The lowest BCUT2D eigenvalue weighted by Crippen LogP contribution is -2.57. The molecule has 0 radical (unpaired) electrons. The van der Waals surface area contributed by atoms with Crippen LogP contribution in [-0.2, 0) is 29.1 Å². The predicted octanol–water partition coefficient (Wildman–Crippen LogP) is 1.46. The van der Waals surface area contributed by atoms with Crippen LogP contribution < -0.4 is 5.32 Å². The average Bonchev–Trinajstić information content (AvgIpc) is 2.79. The van der Waals surface area contributed by atoms with E-state index in [0.29, 0.717) is 13.0 Å². The largest absolute Gasteiger partial charge is 0.345 e. The lowest BCUT2D eigenvalue weighted by Gasteiger charge is -2.34. The molecule has 6 nitrogen and oxygen atoms in total. The molecule has 0 bridgehead atoms.